The maximum atomic E-state index is 13.1. The van der Waals surface area contributed by atoms with Crippen LogP contribution in [0.1, 0.15) is 66.0 Å². The molecule has 144 valence electrons. The smallest absolute Gasteiger partial charge is 0.273 e. The second kappa shape index (κ2) is 8.05. The number of aromatic nitrogens is 2. The van der Waals surface area contributed by atoms with E-state index < -0.39 is 0 Å². The van der Waals surface area contributed by atoms with Gasteiger partial charge in [0, 0.05) is 18.8 Å². The van der Waals surface area contributed by atoms with Crippen LogP contribution < -0.4 is 5.73 Å². The molecule has 1 saturated heterocycles. The van der Waals surface area contributed by atoms with E-state index in [4.69, 9.17) is 5.73 Å². The molecular weight excluding hydrogens is 338 g/mol. The molecule has 1 fully saturated rings. The standard InChI is InChI=1S/C21H29N5O/c1-14(2)17-12-18(24-21(22)23-17)20(27)26-11-5-6-19(26)16-9-7-15(8-10-16)13-25(3)4/h7-10,12,14,19H,5-6,11,13H2,1-4H3,(H2,22,23,24). The summed E-state index contributed by atoms with van der Waals surface area (Å²) in [4.78, 5) is 25.7. The summed E-state index contributed by atoms with van der Waals surface area (Å²) in [6.45, 7) is 5.71. The molecule has 1 aromatic carbocycles. The maximum Gasteiger partial charge on any atom is 0.273 e. The average Bonchev–Trinajstić information content (AvgIpc) is 3.10. The summed E-state index contributed by atoms with van der Waals surface area (Å²) < 4.78 is 0. The molecule has 1 aliphatic rings. The van der Waals surface area contributed by atoms with Gasteiger partial charge in [0.05, 0.1) is 6.04 Å². The molecule has 27 heavy (non-hydrogen) atoms. The van der Waals surface area contributed by atoms with Crippen molar-refractivity contribution < 1.29 is 4.79 Å². The van der Waals surface area contributed by atoms with E-state index in [2.05, 4.69) is 53.2 Å². The Labute approximate surface area is 161 Å². The van der Waals surface area contributed by atoms with E-state index in [-0.39, 0.29) is 23.8 Å². The molecule has 0 spiro atoms. The molecule has 2 heterocycles. The Morgan fingerprint density at radius 1 is 1.26 bits per heavy atom. The molecule has 2 aromatic rings. The summed E-state index contributed by atoms with van der Waals surface area (Å²) in [5.41, 5.74) is 9.47. The fourth-order valence-corrected chi connectivity index (χ4v) is 3.60. The van der Waals surface area contributed by atoms with Gasteiger partial charge >= 0.3 is 0 Å². The van der Waals surface area contributed by atoms with Gasteiger partial charge in [-0.05, 0) is 50.0 Å². The SMILES string of the molecule is CC(C)c1cc(C(=O)N2CCCC2c2ccc(CN(C)C)cc2)nc(N)n1. The van der Waals surface area contributed by atoms with Crippen LogP contribution in [0.3, 0.4) is 0 Å². The zero-order valence-corrected chi connectivity index (χ0v) is 16.6. The Bertz CT molecular complexity index is 801. The number of hydrogen-bond acceptors (Lipinski definition) is 5. The number of nitrogens with zero attached hydrogens (tertiary/aromatic N) is 4. The molecule has 2 N–H and O–H groups in total. The molecule has 6 heteroatoms. The quantitative estimate of drug-likeness (QED) is 0.878. The molecule has 3 rings (SSSR count). The Balaban J connectivity index is 1.83. The van der Waals surface area contributed by atoms with E-state index in [0.717, 1.165) is 31.6 Å². The number of hydrogen-bond donors (Lipinski definition) is 1. The Hall–Kier alpha value is -2.47. The number of benzene rings is 1. The molecule has 1 unspecified atom stereocenters. The fraction of sp³-hybridized carbons (Fsp3) is 0.476. The fourth-order valence-electron chi connectivity index (χ4n) is 3.60. The van der Waals surface area contributed by atoms with Gasteiger partial charge < -0.3 is 15.5 Å². The first-order valence-corrected chi connectivity index (χ1v) is 9.54. The van der Waals surface area contributed by atoms with Gasteiger partial charge in [-0.15, -0.1) is 0 Å². The zero-order chi connectivity index (χ0) is 19.6. The lowest BCUT2D eigenvalue weighted by Crippen LogP contribution is -2.31. The van der Waals surface area contributed by atoms with Crippen molar-refractivity contribution in [1.29, 1.82) is 0 Å². The molecule has 1 atom stereocenters. The highest BCUT2D eigenvalue weighted by Crippen LogP contribution is 2.33. The van der Waals surface area contributed by atoms with E-state index in [1.165, 1.54) is 11.1 Å². The van der Waals surface area contributed by atoms with Crippen molar-refractivity contribution in [1.82, 2.24) is 19.8 Å². The molecule has 1 aromatic heterocycles. The van der Waals surface area contributed by atoms with Crippen molar-refractivity contribution in [3.8, 4) is 0 Å². The number of rotatable bonds is 5. The van der Waals surface area contributed by atoms with Crippen LogP contribution in [0.4, 0.5) is 5.95 Å². The molecule has 0 aliphatic carbocycles. The second-order valence-electron chi connectivity index (χ2n) is 7.83. The van der Waals surface area contributed by atoms with Gasteiger partial charge in [-0.25, -0.2) is 9.97 Å². The number of carbonyl (C=O) groups excluding carboxylic acids is 1. The highest BCUT2D eigenvalue weighted by atomic mass is 16.2. The second-order valence-corrected chi connectivity index (χ2v) is 7.83. The van der Waals surface area contributed by atoms with Crippen LogP contribution in [-0.4, -0.2) is 46.3 Å². The van der Waals surface area contributed by atoms with E-state index in [1.54, 1.807) is 6.07 Å². The number of likely N-dealkylation sites (tertiary alicyclic amines) is 1. The molecule has 1 amide bonds. The first kappa shape index (κ1) is 19.3. The van der Waals surface area contributed by atoms with Crippen molar-refractivity contribution in [2.24, 2.45) is 0 Å². The van der Waals surface area contributed by atoms with Crippen molar-refractivity contribution in [3.05, 3.63) is 52.8 Å². The minimum Gasteiger partial charge on any atom is -0.368 e. The predicted molar refractivity (Wildman–Crippen MR) is 107 cm³/mol. The van der Waals surface area contributed by atoms with Crippen LogP contribution in [0.15, 0.2) is 30.3 Å². The van der Waals surface area contributed by atoms with E-state index >= 15 is 0 Å². The van der Waals surface area contributed by atoms with Gasteiger partial charge in [0.2, 0.25) is 5.95 Å². The molecule has 6 nitrogen and oxygen atoms in total. The van der Waals surface area contributed by atoms with Crippen LogP contribution in [0.2, 0.25) is 0 Å². The Kier molecular flexibility index (Phi) is 5.75. The summed E-state index contributed by atoms with van der Waals surface area (Å²) in [6, 6.07) is 10.4. The summed E-state index contributed by atoms with van der Waals surface area (Å²) >= 11 is 0. The first-order chi connectivity index (χ1) is 12.8. The van der Waals surface area contributed by atoms with Gasteiger partial charge in [-0.1, -0.05) is 38.1 Å². The van der Waals surface area contributed by atoms with E-state index in [0.29, 0.717) is 5.69 Å². The van der Waals surface area contributed by atoms with Crippen LogP contribution >= 0.6 is 0 Å². The summed E-state index contributed by atoms with van der Waals surface area (Å²) in [5.74, 6) is 0.291. The van der Waals surface area contributed by atoms with E-state index in [9.17, 15) is 4.79 Å². The van der Waals surface area contributed by atoms with Gasteiger partial charge in [0.25, 0.3) is 5.91 Å². The molecule has 1 aliphatic heterocycles. The number of nitrogens with two attached hydrogens (primary N) is 1. The van der Waals surface area contributed by atoms with Crippen LogP contribution in [0, 0.1) is 0 Å². The largest absolute Gasteiger partial charge is 0.368 e. The van der Waals surface area contributed by atoms with Crippen LogP contribution in [0.5, 0.6) is 0 Å². The summed E-state index contributed by atoms with van der Waals surface area (Å²) in [5, 5.41) is 0. The number of amides is 1. The lowest BCUT2D eigenvalue weighted by molar-refractivity contribution is 0.0729. The molecule has 0 bridgehead atoms. The monoisotopic (exact) mass is 367 g/mol. The minimum atomic E-state index is -0.0640. The van der Waals surface area contributed by atoms with Gasteiger partial charge in [-0.2, -0.15) is 0 Å². The lowest BCUT2D eigenvalue weighted by Gasteiger charge is -2.25. The number of anilines is 1. The number of carbonyl (C=O) groups is 1. The molecule has 0 radical (unpaired) electrons. The number of nitrogen functional groups attached to an aromatic ring is 1. The third-order valence-electron chi connectivity index (χ3n) is 4.95. The van der Waals surface area contributed by atoms with Crippen LogP contribution in [0.25, 0.3) is 0 Å². The average molecular weight is 367 g/mol. The van der Waals surface area contributed by atoms with Gasteiger partial charge in [0.1, 0.15) is 5.69 Å². The van der Waals surface area contributed by atoms with Crippen LogP contribution in [-0.2, 0) is 6.54 Å². The summed E-state index contributed by atoms with van der Waals surface area (Å²) in [6.07, 6.45) is 1.96. The van der Waals surface area contributed by atoms with Crippen molar-refractivity contribution >= 4 is 11.9 Å². The summed E-state index contributed by atoms with van der Waals surface area (Å²) in [7, 11) is 4.12. The first-order valence-electron chi connectivity index (χ1n) is 9.54. The normalized spacial score (nSPS) is 17.1. The Morgan fingerprint density at radius 3 is 2.59 bits per heavy atom. The molecular formula is C21H29N5O. The Morgan fingerprint density at radius 2 is 1.96 bits per heavy atom. The zero-order valence-electron chi connectivity index (χ0n) is 16.6. The third-order valence-corrected chi connectivity index (χ3v) is 4.95. The minimum absolute atomic E-state index is 0.0640. The highest BCUT2D eigenvalue weighted by molar-refractivity contribution is 5.93. The van der Waals surface area contributed by atoms with Crippen molar-refractivity contribution in [3.63, 3.8) is 0 Å². The lowest BCUT2D eigenvalue weighted by atomic mass is 10.0. The highest BCUT2D eigenvalue weighted by Gasteiger charge is 2.31. The third kappa shape index (κ3) is 4.45. The predicted octanol–water partition coefficient (Wildman–Crippen LogP) is 3.22. The molecule has 0 saturated carbocycles. The van der Waals surface area contributed by atoms with Gasteiger partial charge in [-0.3, -0.25) is 4.79 Å². The van der Waals surface area contributed by atoms with E-state index in [1.807, 2.05) is 18.7 Å². The maximum absolute atomic E-state index is 13.1. The van der Waals surface area contributed by atoms with Crippen molar-refractivity contribution in [2.75, 3.05) is 26.4 Å². The van der Waals surface area contributed by atoms with Crippen molar-refractivity contribution in [2.45, 2.75) is 45.2 Å². The topological polar surface area (TPSA) is 75.4 Å². The van der Waals surface area contributed by atoms with Gasteiger partial charge in [0.15, 0.2) is 0 Å².